The van der Waals surface area contributed by atoms with Gasteiger partial charge in [-0.2, -0.15) is 0 Å². The van der Waals surface area contributed by atoms with Crippen LogP contribution < -0.4 is 15.4 Å². The summed E-state index contributed by atoms with van der Waals surface area (Å²) in [7, 11) is 1.48. The Morgan fingerprint density at radius 1 is 1.39 bits per heavy atom. The molecule has 6 nitrogen and oxygen atoms in total. The van der Waals surface area contributed by atoms with Crippen LogP contribution in [0.15, 0.2) is 18.2 Å². The second-order valence-corrected chi connectivity index (χ2v) is 3.79. The summed E-state index contributed by atoms with van der Waals surface area (Å²) in [5.41, 5.74) is 0.262. The molecule has 0 spiro atoms. The first-order valence-corrected chi connectivity index (χ1v) is 5.39. The van der Waals surface area contributed by atoms with Gasteiger partial charge in [-0.15, -0.1) is 0 Å². The third-order valence-electron chi connectivity index (χ3n) is 2.28. The molecule has 0 bridgehead atoms. The molecule has 2 amide bonds. The molecular formula is C12H16N2O4. The summed E-state index contributed by atoms with van der Waals surface area (Å²) in [5.74, 6) is -0.319. The maximum atomic E-state index is 11.7. The Hall–Kier alpha value is -2.24. The number of ether oxygens (including phenoxy) is 1. The number of hydrogen-bond acceptors (Lipinski definition) is 4. The van der Waals surface area contributed by atoms with Crippen molar-refractivity contribution < 1.29 is 19.4 Å². The number of carbonyl (C=O) groups is 2. The van der Waals surface area contributed by atoms with Crippen molar-refractivity contribution in [2.75, 3.05) is 12.4 Å². The lowest BCUT2D eigenvalue weighted by atomic mass is 10.2. The lowest BCUT2D eigenvalue weighted by molar-refractivity contribution is -0.124. The van der Waals surface area contributed by atoms with E-state index in [-0.39, 0.29) is 17.3 Å². The van der Waals surface area contributed by atoms with Crippen LogP contribution in [0.2, 0.25) is 0 Å². The number of hydrogen-bond donors (Lipinski definition) is 3. The number of rotatable bonds is 4. The fraction of sp³-hybridized carbons (Fsp3) is 0.333. The van der Waals surface area contributed by atoms with E-state index in [9.17, 15) is 14.7 Å². The van der Waals surface area contributed by atoms with Crippen LogP contribution in [0.25, 0.3) is 0 Å². The Morgan fingerprint density at radius 3 is 2.56 bits per heavy atom. The standard InChI is InChI=1S/C12H16N2O4/c1-7(13-8(2)15)12(17)14-10-5-4-9(18-3)6-11(10)16/h4-7,16H,1-3H3,(H,13,15)(H,14,17). The summed E-state index contributed by atoms with van der Waals surface area (Å²) in [5, 5.41) is 14.6. The van der Waals surface area contributed by atoms with Gasteiger partial charge < -0.3 is 20.5 Å². The van der Waals surface area contributed by atoms with E-state index >= 15 is 0 Å². The van der Waals surface area contributed by atoms with Gasteiger partial charge in [-0.25, -0.2) is 0 Å². The molecule has 0 radical (unpaired) electrons. The molecule has 1 unspecified atom stereocenters. The SMILES string of the molecule is COc1ccc(NC(=O)C(C)NC(C)=O)c(O)c1. The van der Waals surface area contributed by atoms with Gasteiger partial charge in [0.2, 0.25) is 11.8 Å². The molecule has 0 saturated carbocycles. The van der Waals surface area contributed by atoms with Gasteiger partial charge in [-0.05, 0) is 19.1 Å². The van der Waals surface area contributed by atoms with Gasteiger partial charge in [-0.3, -0.25) is 9.59 Å². The van der Waals surface area contributed by atoms with E-state index < -0.39 is 11.9 Å². The van der Waals surface area contributed by atoms with Crippen molar-refractivity contribution in [2.45, 2.75) is 19.9 Å². The van der Waals surface area contributed by atoms with Crippen LogP contribution in [-0.2, 0) is 9.59 Å². The second kappa shape index (κ2) is 5.90. The first-order chi connectivity index (χ1) is 8.43. The Kier molecular flexibility index (Phi) is 4.53. The lowest BCUT2D eigenvalue weighted by Gasteiger charge is -2.14. The van der Waals surface area contributed by atoms with Gasteiger partial charge in [0.15, 0.2) is 0 Å². The monoisotopic (exact) mass is 252 g/mol. The van der Waals surface area contributed by atoms with Crippen molar-refractivity contribution in [3.05, 3.63) is 18.2 Å². The molecule has 1 rings (SSSR count). The van der Waals surface area contributed by atoms with Crippen LogP contribution in [0.1, 0.15) is 13.8 Å². The fourth-order valence-corrected chi connectivity index (χ4v) is 1.36. The number of nitrogens with one attached hydrogen (secondary N) is 2. The Balaban J connectivity index is 2.72. The van der Waals surface area contributed by atoms with Gasteiger partial charge in [0, 0.05) is 13.0 Å². The third-order valence-corrected chi connectivity index (χ3v) is 2.28. The van der Waals surface area contributed by atoms with E-state index in [0.29, 0.717) is 5.75 Å². The van der Waals surface area contributed by atoms with Crippen molar-refractivity contribution in [2.24, 2.45) is 0 Å². The zero-order valence-electron chi connectivity index (χ0n) is 10.5. The predicted molar refractivity (Wildman–Crippen MR) is 66.6 cm³/mol. The van der Waals surface area contributed by atoms with Gasteiger partial charge >= 0.3 is 0 Å². The number of phenolic OH excluding ortho intramolecular Hbond substituents is 1. The summed E-state index contributed by atoms with van der Waals surface area (Å²) in [6, 6.07) is 3.84. The first-order valence-electron chi connectivity index (χ1n) is 5.39. The van der Waals surface area contributed by atoms with Crippen LogP contribution in [0.4, 0.5) is 5.69 Å². The molecule has 0 aromatic heterocycles. The van der Waals surface area contributed by atoms with Gasteiger partial charge in [0.05, 0.1) is 12.8 Å². The lowest BCUT2D eigenvalue weighted by Crippen LogP contribution is -2.40. The van der Waals surface area contributed by atoms with Crippen molar-refractivity contribution >= 4 is 17.5 Å². The average Bonchev–Trinajstić information content (AvgIpc) is 2.30. The number of phenols is 1. The maximum absolute atomic E-state index is 11.7. The Morgan fingerprint density at radius 2 is 2.06 bits per heavy atom. The highest BCUT2D eigenvalue weighted by Crippen LogP contribution is 2.27. The molecule has 18 heavy (non-hydrogen) atoms. The maximum Gasteiger partial charge on any atom is 0.246 e. The van der Waals surface area contributed by atoms with Crippen LogP contribution in [0.5, 0.6) is 11.5 Å². The minimum Gasteiger partial charge on any atom is -0.506 e. The summed E-state index contributed by atoms with van der Waals surface area (Å²) >= 11 is 0. The highest BCUT2D eigenvalue weighted by Gasteiger charge is 2.15. The molecule has 1 aromatic rings. The number of amides is 2. The zero-order chi connectivity index (χ0) is 13.7. The summed E-state index contributed by atoms with van der Waals surface area (Å²) in [4.78, 5) is 22.5. The highest BCUT2D eigenvalue weighted by molar-refractivity contribution is 5.97. The fourth-order valence-electron chi connectivity index (χ4n) is 1.36. The van der Waals surface area contributed by atoms with Crippen molar-refractivity contribution in [1.82, 2.24) is 5.32 Å². The molecule has 3 N–H and O–H groups in total. The highest BCUT2D eigenvalue weighted by atomic mass is 16.5. The molecule has 98 valence electrons. The molecule has 1 aromatic carbocycles. The number of benzene rings is 1. The molecule has 0 aliphatic carbocycles. The smallest absolute Gasteiger partial charge is 0.246 e. The van der Waals surface area contributed by atoms with Crippen molar-refractivity contribution in [3.63, 3.8) is 0 Å². The van der Waals surface area contributed by atoms with E-state index in [1.165, 1.54) is 26.2 Å². The first kappa shape index (κ1) is 13.8. The van der Waals surface area contributed by atoms with E-state index in [1.54, 1.807) is 13.0 Å². The van der Waals surface area contributed by atoms with Gasteiger partial charge in [-0.1, -0.05) is 0 Å². The number of methoxy groups -OCH3 is 1. The van der Waals surface area contributed by atoms with Gasteiger partial charge in [0.1, 0.15) is 17.5 Å². The Bertz CT molecular complexity index is 459. The van der Waals surface area contributed by atoms with Crippen LogP contribution >= 0.6 is 0 Å². The van der Waals surface area contributed by atoms with E-state index in [0.717, 1.165) is 0 Å². The molecule has 6 heteroatoms. The summed E-state index contributed by atoms with van der Waals surface area (Å²) in [6.45, 7) is 2.88. The summed E-state index contributed by atoms with van der Waals surface area (Å²) < 4.78 is 4.93. The minimum absolute atomic E-state index is 0.0993. The van der Waals surface area contributed by atoms with Crippen LogP contribution in [0, 0.1) is 0 Å². The number of carbonyl (C=O) groups excluding carboxylic acids is 2. The molecule has 0 aliphatic heterocycles. The molecule has 1 atom stereocenters. The van der Waals surface area contributed by atoms with Crippen LogP contribution in [0.3, 0.4) is 0 Å². The quantitative estimate of drug-likeness (QED) is 0.694. The normalized spacial score (nSPS) is 11.5. The largest absolute Gasteiger partial charge is 0.506 e. The molecular weight excluding hydrogens is 236 g/mol. The average molecular weight is 252 g/mol. The molecule has 0 saturated heterocycles. The topological polar surface area (TPSA) is 87.7 Å². The van der Waals surface area contributed by atoms with Crippen molar-refractivity contribution in [3.8, 4) is 11.5 Å². The van der Waals surface area contributed by atoms with Crippen LogP contribution in [-0.4, -0.2) is 30.1 Å². The molecule has 0 aliphatic rings. The summed E-state index contributed by atoms with van der Waals surface area (Å²) in [6.07, 6.45) is 0. The number of aromatic hydroxyl groups is 1. The third kappa shape index (κ3) is 3.65. The molecule has 0 heterocycles. The van der Waals surface area contributed by atoms with E-state index in [1.807, 2.05) is 0 Å². The number of anilines is 1. The van der Waals surface area contributed by atoms with Crippen molar-refractivity contribution in [1.29, 1.82) is 0 Å². The predicted octanol–water partition coefficient (Wildman–Crippen LogP) is 0.864. The zero-order valence-corrected chi connectivity index (χ0v) is 10.5. The van der Waals surface area contributed by atoms with E-state index in [4.69, 9.17) is 4.74 Å². The van der Waals surface area contributed by atoms with E-state index in [2.05, 4.69) is 10.6 Å². The Labute approximate surface area is 105 Å². The minimum atomic E-state index is -0.677. The molecule has 0 fully saturated rings. The van der Waals surface area contributed by atoms with Gasteiger partial charge in [0.25, 0.3) is 0 Å². The second-order valence-electron chi connectivity index (χ2n) is 3.79.